The van der Waals surface area contributed by atoms with E-state index in [0.717, 1.165) is 24.1 Å². The van der Waals surface area contributed by atoms with E-state index in [1.807, 2.05) is 6.07 Å². The predicted molar refractivity (Wildman–Crippen MR) is 71.1 cm³/mol. The minimum Gasteiger partial charge on any atom is -0.476 e. The maximum atomic E-state index is 9.19. The molecule has 0 spiro atoms. The average Bonchev–Trinajstić information content (AvgIpc) is 2.36. The molecule has 0 fully saturated rings. The van der Waals surface area contributed by atoms with Crippen molar-refractivity contribution in [3.8, 4) is 5.88 Å². The predicted octanol–water partition coefficient (Wildman–Crippen LogP) is 2.06. The van der Waals surface area contributed by atoms with Crippen molar-refractivity contribution in [3.05, 3.63) is 22.3 Å². The molecule has 0 amide bonds. The van der Waals surface area contributed by atoms with E-state index in [4.69, 9.17) is 4.74 Å². The van der Waals surface area contributed by atoms with E-state index in [9.17, 15) is 5.11 Å². The largest absolute Gasteiger partial charge is 0.476 e. The third kappa shape index (κ3) is 4.61. The Labute approximate surface area is 111 Å². The van der Waals surface area contributed by atoms with E-state index >= 15 is 0 Å². The van der Waals surface area contributed by atoms with Gasteiger partial charge in [0.05, 0.1) is 6.61 Å². The molecule has 0 aliphatic carbocycles. The Bertz CT molecular complexity index is 343. The Morgan fingerprint density at radius 3 is 2.71 bits per heavy atom. The molecule has 0 aliphatic rings. The number of likely N-dealkylation sites (N-methyl/N-ethyl adjacent to an activating group) is 1. The van der Waals surface area contributed by atoms with Gasteiger partial charge in [0.2, 0.25) is 5.88 Å². The first kappa shape index (κ1) is 14.4. The number of aromatic nitrogens is 1. The third-order valence-corrected chi connectivity index (χ3v) is 3.04. The fourth-order valence-electron chi connectivity index (χ4n) is 1.52. The Balaban J connectivity index is 2.51. The highest BCUT2D eigenvalue weighted by Gasteiger charge is 2.06. The van der Waals surface area contributed by atoms with Crippen LogP contribution in [0, 0.1) is 0 Å². The van der Waals surface area contributed by atoms with E-state index in [1.54, 1.807) is 6.20 Å². The van der Waals surface area contributed by atoms with Gasteiger partial charge in [0, 0.05) is 22.8 Å². The van der Waals surface area contributed by atoms with Crippen molar-refractivity contribution in [1.29, 1.82) is 0 Å². The molecule has 17 heavy (non-hydrogen) atoms. The van der Waals surface area contributed by atoms with Crippen LogP contribution in [-0.2, 0) is 6.61 Å². The number of hydrogen-bond donors (Lipinski definition) is 1. The van der Waals surface area contributed by atoms with Crippen molar-refractivity contribution >= 4 is 15.9 Å². The van der Waals surface area contributed by atoms with Crippen molar-refractivity contribution < 1.29 is 9.84 Å². The molecule has 0 bridgehead atoms. The Morgan fingerprint density at radius 1 is 1.41 bits per heavy atom. The lowest BCUT2D eigenvalue weighted by atomic mass is 10.3. The van der Waals surface area contributed by atoms with Gasteiger partial charge in [-0.05, 0) is 35.1 Å². The lowest BCUT2D eigenvalue weighted by Crippen LogP contribution is -2.28. The maximum absolute atomic E-state index is 9.19. The highest BCUT2D eigenvalue weighted by Crippen LogP contribution is 2.19. The van der Waals surface area contributed by atoms with Crippen LogP contribution in [-0.4, -0.2) is 41.2 Å². The molecule has 0 unspecified atom stereocenters. The second-order valence-corrected chi connectivity index (χ2v) is 4.57. The molecule has 1 rings (SSSR count). The van der Waals surface area contributed by atoms with E-state index in [2.05, 4.69) is 39.7 Å². The van der Waals surface area contributed by atoms with Gasteiger partial charge in [-0.1, -0.05) is 13.8 Å². The molecule has 0 saturated heterocycles. The lowest BCUT2D eigenvalue weighted by Gasteiger charge is -2.18. The van der Waals surface area contributed by atoms with Gasteiger partial charge >= 0.3 is 0 Å². The van der Waals surface area contributed by atoms with Gasteiger partial charge in [0.15, 0.2) is 0 Å². The van der Waals surface area contributed by atoms with Crippen molar-refractivity contribution in [1.82, 2.24) is 9.88 Å². The Kier molecular flexibility index (Phi) is 6.47. The summed E-state index contributed by atoms with van der Waals surface area (Å²) >= 11 is 3.31. The summed E-state index contributed by atoms with van der Waals surface area (Å²) in [5.41, 5.74) is 0.707. The molecule has 0 saturated carbocycles. The highest BCUT2D eigenvalue weighted by atomic mass is 79.9. The first-order valence-corrected chi connectivity index (χ1v) is 6.61. The number of aliphatic hydroxyl groups excluding tert-OH is 1. The Morgan fingerprint density at radius 2 is 2.12 bits per heavy atom. The number of pyridine rings is 1. The topological polar surface area (TPSA) is 45.6 Å². The van der Waals surface area contributed by atoms with Crippen LogP contribution in [0.4, 0.5) is 0 Å². The Hall–Kier alpha value is -0.650. The number of ether oxygens (including phenoxy) is 1. The monoisotopic (exact) mass is 302 g/mol. The summed E-state index contributed by atoms with van der Waals surface area (Å²) in [6.45, 7) is 7.67. The van der Waals surface area contributed by atoms with Crippen LogP contribution in [0.5, 0.6) is 5.88 Å². The molecule has 0 atom stereocenters. The molecule has 0 radical (unpaired) electrons. The van der Waals surface area contributed by atoms with Crippen molar-refractivity contribution in [2.45, 2.75) is 20.5 Å². The van der Waals surface area contributed by atoms with Gasteiger partial charge in [-0.15, -0.1) is 0 Å². The zero-order valence-corrected chi connectivity index (χ0v) is 11.9. The lowest BCUT2D eigenvalue weighted by molar-refractivity contribution is 0.210. The maximum Gasteiger partial charge on any atom is 0.218 e. The van der Waals surface area contributed by atoms with Crippen LogP contribution in [0.25, 0.3) is 0 Å². The van der Waals surface area contributed by atoms with Crippen LogP contribution < -0.4 is 4.74 Å². The third-order valence-electron chi connectivity index (χ3n) is 2.60. The summed E-state index contributed by atoms with van der Waals surface area (Å²) in [5, 5.41) is 9.19. The normalized spacial score (nSPS) is 10.9. The summed E-state index contributed by atoms with van der Waals surface area (Å²) in [7, 11) is 0. The summed E-state index contributed by atoms with van der Waals surface area (Å²) in [5.74, 6) is 0.517. The number of nitrogens with zero attached hydrogens (tertiary/aromatic N) is 2. The molecule has 0 aromatic carbocycles. The molecule has 1 aromatic heterocycles. The zero-order chi connectivity index (χ0) is 12.7. The van der Waals surface area contributed by atoms with E-state index in [1.165, 1.54) is 0 Å². The standard InChI is InChI=1S/C12H19BrN2O2/c1-3-15(4-2)5-6-17-12-10(9-16)7-11(13)8-14-12/h7-8,16H,3-6,9H2,1-2H3. The van der Waals surface area contributed by atoms with Crippen LogP contribution in [0.2, 0.25) is 0 Å². The van der Waals surface area contributed by atoms with Crippen LogP contribution in [0.1, 0.15) is 19.4 Å². The first-order valence-electron chi connectivity index (χ1n) is 5.81. The molecular formula is C12H19BrN2O2. The second kappa shape index (κ2) is 7.63. The molecular weight excluding hydrogens is 284 g/mol. The molecule has 4 nitrogen and oxygen atoms in total. The smallest absolute Gasteiger partial charge is 0.218 e. The number of hydrogen-bond acceptors (Lipinski definition) is 4. The number of aliphatic hydroxyl groups is 1. The molecule has 1 aromatic rings. The summed E-state index contributed by atoms with van der Waals surface area (Å²) in [4.78, 5) is 6.43. The average molecular weight is 303 g/mol. The van der Waals surface area contributed by atoms with Gasteiger partial charge in [-0.25, -0.2) is 4.98 Å². The summed E-state index contributed by atoms with van der Waals surface area (Å²) in [6.07, 6.45) is 1.67. The van der Waals surface area contributed by atoms with Gasteiger partial charge in [-0.3, -0.25) is 0 Å². The fraction of sp³-hybridized carbons (Fsp3) is 0.583. The zero-order valence-electron chi connectivity index (χ0n) is 10.3. The van der Waals surface area contributed by atoms with Crippen LogP contribution >= 0.6 is 15.9 Å². The highest BCUT2D eigenvalue weighted by molar-refractivity contribution is 9.10. The van der Waals surface area contributed by atoms with Gasteiger partial charge in [0.25, 0.3) is 0 Å². The van der Waals surface area contributed by atoms with E-state index in [-0.39, 0.29) is 6.61 Å². The first-order chi connectivity index (χ1) is 8.21. The fourth-order valence-corrected chi connectivity index (χ4v) is 1.90. The van der Waals surface area contributed by atoms with Gasteiger partial charge < -0.3 is 14.7 Å². The minimum atomic E-state index is -0.0625. The van der Waals surface area contributed by atoms with E-state index < -0.39 is 0 Å². The molecule has 0 aliphatic heterocycles. The quantitative estimate of drug-likeness (QED) is 0.837. The summed E-state index contributed by atoms with van der Waals surface area (Å²) < 4.78 is 6.43. The van der Waals surface area contributed by atoms with Crippen LogP contribution in [0.15, 0.2) is 16.7 Å². The molecule has 5 heteroatoms. The number of rotatable bonds is 7. The molecule has 1 N–H and O–H groups in total. The number of halogens is 1. The van der Waals surface area contributed by atoms with E-state index in [0.29, 0.717) is 18.1 Å². The van der Waals surface area contributed by atoms with Crippen molar-refractivity contribution in [3.63, 3.8) is 0 Å². The minimum absolute atomic E-state index is 0.0625. The summed E-state index contributed by atoms with van der Waals surface area (Å²) in [6, 6.07) is 1.82. The van der Waals surface area contributed by atoms with Crippen LogP contribution in [0.3, 0.4) is 0 Å². The molecule has 1 heterocycles. The molecule has 96 valence electrons. The van der Waals surface area contributed by atoms with Crippen molar-refractivity contribution in [2.24, 2.45) is 0 Å². The van der Waals surface area contributed by atoms with Gasteiger partial charge in [-0.2, -0.15) is 0 Å². The second-order valence-electron chi connectivity index (χ2n) is 3.65. The van der Waals surface area contributed by atoms with Crippen molar-refractivity contribution in [2.75, 3.05) is 26.2 Å². The van der Waals surface area contributed by atoms with Gasteiger partial charge in [0.1, 0.15) is 6.61 Å². The SMILES string of the molecule is CCN(CC)CCOc1ncc(Br)cc1CO.